The molecule has 0 aromatic rings. The van der Waals surface area contributed by atoms with Gasteiger partial charge in [-0.05, 0) is 32.6 Å². The molecule has 1 saturated heterocycles. The molecule has 1 fully saturated rings. The SMILES string of the molecule is CC1CCC(=O)N(CC(=O)OC(C)C)CC1. The Morgan fingerprint density at radius 3 is 2.81 bits per heavy atom. The van der Waals surface area contributed by atoms with Crippen LogP contribution in [0.15, 0.2) is 0 Å². The van der Waals surface area contributed by atoms with Crippen LogP contribution in [0.25, 0.3) is 0 Å². The molecule has 1 aliphatic heterocycles. The van der Waals surface area contributed by atoms with Gasteiger partial charge in [0.1, 0.15) is 6.54 Å². The summed E-state index contributed by atoms with van der Waals surface area (Å²) in [5.41, 5.74) is 0. The van der Waals surface area contributed by atoms with Crippen molar-refractivity contribution in [3.63, 3.8) is 0 Å². The first-order valence-electron chi connectivity index (χ1n) is 5.96. The summed E-state index contributed by atoms with van der Waals surface area (Å²) in [6, 6.07) is 0. The summed E-state index contributed by atoms with van der Waals surface area (Å²) in [7, 11) is 0. The highest BCUT2D eigenvalue weighted by Crippen LogP contribution is 2.17. The minimum atomic E-state index is -0.307. The predicted octanol–water partition coefficient (Wildman–Crippen LogP) is 1.59. The van der Waals surface area contributed by atoms with Crippen molar-refractivity contribution in [2.75, 3.05) is 13.1 Å². The maximum absolute atomic E-state index is 11.7. The average molecular weight is 227 g/mol. The second kappa shape index (κ2) is 5.87. The topological polar surface area (TPSA) is 46.6 Å². The number of carbonyl (C=O) groups excluding carboxylic acids is 2. The monoisotopic (exact) mass is 227 g/mol. The van der Waals surface area contributed by atoms with E-state index in [0.29, 0.717) is 18.9 Å². The minimum Gasteiger partial charge on any atom is -0.462 e. The van der Waals surface area contributed by atoms with Gasteiger partial charge in [-0.25, -0.2) is 0 Å². The molecule has 16 heavy (non-hydrogen) atoms. The van der Waals surface area contributed by atoms with Crippen LogP contribution in [0.5, 0.6) is 0 Å². The molecule has 0 saturated carbocycles. The highest BCUT2D eigenvalue weighted by Gasteiger charge is 2.22. The first kappa shape index (κ1) is 13.0. The van der Waals surface area contributed by atoms with Gasteiger partial charge < -0.3 is 9.64 Å². The number of hydrogen-bond donors (Lipinski definition) is 0. The number of likely N-dealkylation sites (tertiary alicyclic amines) is 1. The van der Waals surface area contributed by atoms with E-state index in [4.69, 9.17) is 4.74 Å². The molecule has 4 heteroatoms. The molecule has 0 aromatic carbocycles. The Bertz CT molecular complexity index is 263. The van der Waals surface area contributed by atoms with Crippen LogP contribution in [0, 0.1) is 5.92 Å². The lowest BCUT2D eigenvalue weighted by Gasteiger charge is -2.20. The molecular formula is C12H21NO3. The number of rotatable bonds is 3. The highest BCUT2D eigenvalue weighted by molar-refractivity contribution is 5.82. The third-order valence-electron chi connectivity index (χ3n) is 2.78. The van der Waals surface area contributed by atoms with Crippen LogP contribution in [0.3, 0.4) is 0 Å². The Morgan fingerprint density at radius 2 is 2.19 bits per heavy atom. The molecule has 1 amide bonds. The lowest BCUT2D eigenvalue weighted by atomic mass is 10.0. The molecule has 4 nitrogen and oxygen atoms in total. The van der Waals surface area contributed by atoms with Crippen molar-refractivity contribution in [1.29, 1.82) is 0 Å². The summed E-state index contributed by atoms with van der Waals surface area (Å²) in [4.78, 5) is 24.8. The van der Waals surface area contributed by atoms with E-state index in [-0.39, 0.29) is 24.5 Å². The quantitative estimate of drug-likeness (QED) is 0.688. The third kappa shape index (κ3) is 4.21. The highest BCUT2D eigenvalue weighted by atomic mass is 16.5. The maximum Gasteiger partial charge on any atom is 0.325 e. The zero-order valence-electron chi connectivity index (χ0n) is 10.4. The van der Waals surface area contributed by atoms with Gasteiger partial charge in [-0.1, -0.05) is 6.92 Å². The molecule has 0 N–H and O–H groups in total. The lowest BCUT2D eigenvalue weighted by molar-refractivity contribution is -0.152. The van der Waals surface area contributed by atoms with E-state index in [9.17, 15) is 9.59 Å². The number of ether oxygens (including phenoxy) is 1. The Kier molecular flexibility index (Phi) is 4.77. The average Bonchev–Trinajstić information content (AvgIpc) is 2.32. The van der Waals surface area contributed by atoms with Gasteiger partial charge in [0.05, 0.1) is 6.10 Å². The van der Waals surface area contributed by atoms with Crippen LogP contribution in [0.1, 0.15) is 40.0 Å². The van der Waals surface area contributed by atoms with Crippen molar-refractivity contribution in [2.24, 2.45) is 5.92 Å². The molecule has 0 bridgehead atoms. The minimum absolute atomic E-state index is 0.0741. The zero-order valence-corrected chi connectivity index (χ0v) is 10.4. The van der Waals surface area contributed by atoms with Crippen molar-refractivity contribution in [2.45, 2.75) is 46.1 Å². The van der Waals surface area contributed by atoms with Gasteiger partial charge in [-0.15, -0.1) is 0 Å². The van der Waals surface area contributed by atoms with Crippen LogP contribution in [-0.4, -0.2) is 36.0 Å². The molecule has 92 valence electrons. The van der Waals surface area contributed by atoms with Crippen molar-refractivity contribution in [3.8, 4) is 0 Å². The zero-order chi connectivity index (χ0) is 12.1. The molecule has 0 aromatic heterocycles. The van der Waals surface area contributed by atoms with E-state index >= 15 is 0 Å². The van der Waals surface area contributed by atoms with Gasteiger partial charge in [0.2, 0.25) is 5.91 Å². The fraction of sp³-hybridized carbons (Fsp3) is 0.833. The van der Waals surface area contributed by atoms with Crippen molar-refractivity contribution >= 4 is 11.9 Å². The largest absolute Gasteiger partial charge is 0.462 e. The smallest absolute Gasteiger partial charge is 0.325 e. The van der Waals surface area contributed by atoms with Crippen LogP contribution >= 0.6 is 0 Å². The molecule has 0 spiro atoms. The predicted molar refractivity (Wildman–Crippen MR) is 60.8 cm³/mol. The Hall–Kier alpha value is -1.06. The summed E-state index contributed by atoms with van der Waals surface area (Å²) >= 11 is 0. The van der Waals surface area contributed by atoms with E-state index in [1.54, 1.807) is 4.90 Å². The van der Waals surface area contributed by atoms with Gasteiger partial charge in [0, 0.05) is 13.0 Å². The van der Waals surface area contributed by atoms with Crippen LogP contribution < -0.4 is 0 Å². The standard InChI is InChI=1S/C12H21NO3/c1-9(2)16-12(15)8-13-7-6-10(3)4-5-11(13)14/h9-10H,4-8H2,1-3H3. The third-order valence-corrected chi connectivity index (χ3v) is 2.78. The summed E-state index contributed by atoms with van der Waals surface area (Å²) in [5.74, 6) is 0.332. The summed E-state index contributed by atoms with van der Waals surface area (Å²) < 4.78 is 5.04. The van der Waals surface area contributed by atoms with Crippen LogP contribution in [-0.2, 0) is 14.3 Å². The van der Waals surface area contributed by atoms with Crippen LogP contribution in [0.2, 0.25) is 0 Å². The van der Waals surface area contributed by atoms with Crippen LogP contribution in [0.4, 0.5) is 0 Å². The number of hydrogen-bond acceptors (Lipinski definition) is 3. The molecular weight excluding hydrogens is 206 g/mol. The number of carbonyl (C=O) groups is 2. The van der Waals surface area contributed by atoms with E-state index in [1.807, 2.05) is 13.8 Å². The second-order valence-electron chi connectivity index (χ2n) is 4.79. The van der Waals surface area contributed by atoms with Crippen molar-refractivity contribution in [1.82, 2.24) is 4.90 Å². The summed E-state index contributed by atoms with van der Waals surface area (Å²) in [6.07, 6.45) is 2.33. The fourth-order valence-corrected chi connectivity index (χ4v) is 1.80. The van der Waals surface area contributed by atoms with E-state index < -0.39 is 0 Å². The number of amides is 1. The Balaban J connectivity index is 2.45. The Morgan fingerprint density at radius 1 is 1.50 bits per heavy atom. The first-order valence-corrected chi connectivity index (χ1v) is 5.96. The summed E-state index contributed by atoms with van der Waals surface area (Å²) in [6.45, 7) is 6.54. The molecule has 1 rings (SSSR count). The van der Waals surface area contributed by atoms with E-state index in [1.165, 1.54) is 0 Å². The molecule has 1 heterocycles. The molecule has 1 atom stereocenters. The Labute approximate surface area is 96.9 Å². The van der Waals surface area contributed by atoms with Crippen molar-refractivity contribution < 1.29 is 14.3 Å². The lowest BCUT2D eigenvalue weighted by Crippen LogP contribution is -2.36. The van der Waals surface area contributed by atoms with Gasteiger partial charge >= 0.3 is 5.97 Å². The van der Waals surface area contributed by atoms with Gasteiger partial charge in [0.15, 0.2) is 0 Å². The van der Waals surface area contributed by atoms with Crippen molar-refractivity contribution in [3.05, 3.63) is 0 Å². The van der Waals surface area contributed by atoms with Gasteiger partial charge in [-0.2, -0.15) is 0 Å². The van der Waals surface area contributed by atoms with Gasteiger partial charge in [-0.3, -0.25) is 9.59 Å². The molecule has 1 unspecified atom stereocenters. The molecule has 0 radical (unpaired) electrons. The fourth-order valence-electron chi connectivity index (χ4n) is 1.80. The normalized spacial score (nSPS) is 22.1. The number of esters is 1. The van der Waals surface area contributed by atoms with E-state index in [0.717, 1.165) is 12.8 Å². The first-order chi connectivity index (χ1) is 7.49. The molecule has 0 aliphatic carbocycles. The van der Waals surface area contributed by atoms with E-state index in [2.05, 4.69) is 6.92 Å². The summed E-state index contributed by atoms with van der Waals surface area (Å²) in [5, 5.41) is 0. The second-order valence-corrected chi connectivity index (χ2v) is 4.79. The number of nitrogens with zero attached hydrogens (tertiary/aromatic N) is 1. The molecule has 1 aliphatic rings. The maximum atomic E-state index is 11.7. The van der Waals surface area contributed by atoms with Gasteiger partial charge in [0.25, 0.3) is 0 Å².